The number of rotatable bonds is 0. The fourth-order valence-corrected chi connectivity index (χ4v) is 1.39. The van der Waals surface area contributed by atoms with Gasteiger partial charge in [-0.25, -0.2) is 0 Å². The first kappa shape index (κ1) is 7.43. The smallest absolute Gasteiger partial charge is 0.169 e. The van der Waals surface area contributed by atoms with Crippen LogP contribution in [0.5, 0.6) is 5.75 Å². The van der Waals surface area contributed by atoms with Crippen LogP contribution in [0.25, 0.3) is 0 Å². The minimum atomic E-state index is 0.608. The Bertz CT molecular complexity index is 310. The molecule has 1 aromatic rings. The molecule has 0 amide bonds. The lowest BCUT2D eigenvalue weighted by atomic mass is 10.0. The van der Waals surface area contributed by atoms with Gasteiger partial charge in [-0.05, 0) is 24.6 Å². The minimum absolute atomic E-state index is 0.608. The van der Waals surface area contributed by atoms with Crippen LogP contribution in [-0.4, -0.2) is 6.61 Å². The predicted molar refractivity (Wildman–Crippen MR) is 45.9 cm³/mol. The molecule has 0 aromatic heterocycles. The van der Waals surface area contributed by atoms with Crippen molar-refractivity contribution in [2.45, 2.75) is 13.3 Å². The lowest BCUT2D eigenvalue weighted by molar-refractivity contribution is -0.215. The van der Waals surface area contributed by atoms with Crippen molar-refractivity contribution >= 4 is 5.69 Å². The normalized spacial score (nSPS) is 15.1. The zero-order valence-electron chi connectivity index (χ0n) is 6.96. The molecular weight excluding hydrogens is 154 g/mol. The Kier molecular flexibility index (Phi) is 1.66. The van der Waals surface area contributed by atoms with Gasteiger partial charge in [-0.2, -0.15) is 4.89 Å². The van der Waals surface area contributed by atoms with Crippen molar-refractivity contribution in [3.63, 3.8) is 0 Å². The first-order chi connectivity index (χ1) is 5.79. The number of benzene rings is 1. The number of hydrogen-bond acceptors (Lipinski definition) is 3. The van der Waals surface area contributed by atoms with Crippen molar-refractivity contribution in [1.29, 1.82) is 0 Å². The van der Waals surface area contributed by atoms with E-state index in [0.29, 0.717) is 6.61 Å². The molecule has 0 saturated heterocycles. The van der Waals surface area contributed by atoms with E-state index in [-0.39, 0.29) is 0 Å². The lowest BCUT2D eigenvalue weighted by Gasteiger charge is -2.18. The number of anilines is 1. The molecule has 0 spiro atoms. The van der Waals surface area contributed by atoms with E-state index in [1.165, 1.54) is 5.56 Å². The molecule has 1 aromatic carbocycles. The monoisotopic (exact) mass is 165 g/mol. The fraction of sp³-hybridized carbons (Fsp3) is 0.333. The maximum atomic E-state index is 5.75. The minimum Gasteiger partial charge on any atom is -0.399 e. The molecular formula is C9H11NO2. The number of fused-ring (bicyclic) bond motifs is 1. The summed E-state index contributed by atoms with van der Waals surface area (Å²) in [4.78, 5) is 9.85. The molecule has 2 rings (SSSR count). The second-order valence-electron chi connectivity index (χ2n) is 2.91. The second-order valence-corrected chi connectivity index (χ2v) is 2.91. The van der Waals surface area contributed by atoms with Gasteiger partial charge < -0.3 is 10.6 Å². The molecule has 0 bridgehead atoms. The molecule has 0 atom stereocenters. The van der Waals surface area contributed by atoms with Gasteiger partial charge in [0.2, 0.25) is 0 Å². The summed E-state index contributed by atoms with van der Waals surface area (Å²) < 4.78 is 0. The van der Waals surface area contributed by atoms with Gasteiger partial charge in [0.15, 0.2) is 5.75 Å². The van der Waals surface area contributed by atoms with E-state index in [0.717, 1.165) is 23.4 Å². The van der Waals surface area contributed by atoms with Crippen LogP contribution < -0.4 is 10.6 Å². The third-order valence-electron chi connectivity index (χ3n) is 2.18. The van der Waals surface area contributed by atoms with Crippen LogP contribution in [-0.2, 0) is 11.3 Å². The van der Waals surface area contributed by atoms with Gasteiger partial charge >= 0.3 is 0 Å². The van der Waals surface area contributed by atoms with E-state index >= 15 is 0 Å². The zero-order valence-corrected chi connectivity index (χ0v) is 6.96. The molecule has 0 fully saturated rings. The summed E-state index contributed by atoms with van der Waals surface area (Å²) in [5, 5.41) is 0. The molecule has 3 nitrogen and oxygen atoms in total. The Morgan fingerprint density at radius 3 is 3.08 bits per heavy atom. The van der Waals surface area contributed by atoms with E-state index in [2.05, 4.69) is 0 Å². The molecule has 1 aliphatic heterocycles. The summed E-state index contributed by atoms with van der Waals surface area (Å²) in [6, 6.07) is 3.68. The maximum absolute atomic E-state index is 5.75. The Hall–Kier alpha value is -1.22. The van der Waals surface area contributed by atoms with Gasteiger partial charge in [0, 0.05) is 17.7 Å². The summed E-state index contributed by atoms with van der Waals surface area (Å²) in [5.41, 5.74) is 8.84. The Labute approximate surface area is 71.0 Å². The van der Waals surface area contributed by atoms with Gasteiger partial charge in [-0.3, -0.25) is 0 Å². The fourth-order valence-electron chi connectivity index (χ4n) is 1.39. The summed E-state index contributed by atoms with van der Waals surface area (Å²) >= 11 is 0. The van der Waals surface area contributed by atoms with Crippen molar-refractivity contribution in [1.82, 2.24) is 0 Å². The van der Waals surface area contributed by atoms with Crippen LogP contribution in [0.2, 0.25) is 0 Å². The average molecular weight is 165 g/mol. The Morgan fingerprint density at radius 2 is 2.25 bits per heavy atom. The number of nitrogen functional groups attached to an aromatic ring is 1. The van der Waals surface area contributed by atoms with E-state index in [9.17, 15) is 0 Å². The molecule has 0 unspecified atom stereocenters. The van der Waals surface area contributed by atoms with Crippen LogP contribution in [0, 0.1) is 6.92 Å². The van der Waals surface area contributed by atoms with Gasteiger partial charge in [0.1, 0.15) is 0 Å². The summed E-state index contributed by atoms with van der Waals surface area (Å²) in [6.45, 7) is 2.61. The quantitative estimate of drug-likeness (QED) is 0.467. The third kappa shape index (κ3) is 1.02. The van der Waals surface area contributed by atoms with Gasteiger partial charge in [0.05, 0.1) is 6.61 Å². The third-order valence-corrected chi connectivity index (χ3v) is 2.18. The van der Waals surface area contributed by atoms with Gasteiger partial charge in [0.25, 0.3) is 0 Å². The molecule has 2 N–H and O–H groups in total. The number of hydrogen-bond donors (Lipinski definition) is 1. The lowest BCUT2D eigenvalue weighted by Crippen LogP contribution is -2.12. The summed E-state index contributed by atoms with van der Waals surface area (Å²) in [6.07, 6.45) is 0.881. The molecule has 0 radical (unpaired) electrons. The topological polar surface area (TPSA) is 44.5 Å². The molecule has 1 heterocycles. The first-order valence-electron chi connectivity index (χ1n) is 3.96. The van der Waals surface area contributed by atoms with Crippen LogP contribution >= 0.6 is 0 Å². The molecule has 0 saturated carbocycles. The largest absolute Gasteiger partial charge is 0.399 e. The second kappa shape index (κ2) is 2.68. The van der Waals surface area contributed by atoms with Crippen molar-refractivity contribution in [3.8, 4) is 5.75 Å². The highest BCUT2D eigenvalue weighted by molar-refractivity contribution is 5.55. The Balaban J connectivity index is 2.54. The van der Waals surface area contributed by atoms with Crippen molar-refractivity contribution in [2.75, 3.05) is 12.3 Å². The average Bonchev–Trinajstić information content (AvgIpc) is 2.12. The summed E-state index contributed by atoms with van der Waals surface area (Å²) in [5.74, 6) is 0.799. The van der Waals surface area contributed by atoms with E-state index in [1.807, 2.05) is 19.1 Å². The van der Waals surface area contributed by atoms with E-state index in [4.69, 9.17) is 15.5 Å². The van der Waals surface area contributed by atoms with E-state index in [1.54, 1.807) is 0 Å². The van der Waals surface area contributed by atoms with Crippen LogP contribution in [0.1, 0.15) is 11.1 Å². The first-order valence-corrected chi connectivity index (χ1v) is 3.96. The molecule has 3 heteroatoms. The predicted octanol–water partition coefficient (Wildman–Crippen LogP) is 1.44. The summed E-state index contributed by atoms with van der Waals surface area (Å²) in [7, 11) is 0. The van der Waals surface area contributed by atoms with Gasteiger partial charge in [-0.1, -0.05) is 0 Å². The van der Waals surface area contributed by atoms with Crippen molar-refractivity contribution in [3.05, 3.63) is 23.3 Å². The highest BCUT2D eigenvalue weighted by Gasteiger charge is 2.14. The van der Waals surface area contributed by atoms with Crippen LogP contribution in [0.3, 0.4) is 0 Å². The SMILES string of the molecule is Cc1c(N)ccc2c1CCOO2. The van der Waals surface area contributed by atoms with Crippen LogP contribution in [0.4, 0.5) is 5.69 Å². The van der Waals surface area contributed by atoms with E-state index < -0.39 is 0 Å². The zero-order chi connectivity index (χ0) is 8.55. The molecule has 64 valence electrons. The van der Waals surface area contributed by atoms with Crippen LogP contribution in [0.15, 0.2) is 12.1 Å². The van der Waals surface area contributed by atoms with Crippen molar-refractivity contribution < 1.29 is 9.78 Å². The maximum Gasteiger partial charge on any atom is 0.169 e. The molecule has 1 aliphatic rings. The van der Waals surface area contributed by atoms with Crippen molar-refractivity contribution in [2.24, 2.45) is 0 Å². The Morgan fingerprint density at radius 1 is 1.42 bits per heavy atom. The molecule has 12 heavy (non-hydrogen) atoms. The highest BCUT2D eigenvalue weighted by Crippen LogP contribution is 2.29. The van der Waals surface area contributed by atoms with Gasteiger partial charge in [-0.15, -0.1) is 0 Å². The number of nitrogens with two attached hydrogens (primary N) is 1. The standard InChI is InChI=1S/C9H11NO2/c1-6-7-4-5-11-12-9(7)3-2-8(6)10/h2-3H,4-5,10H2,1H3. The molecule has 0 aliphatic carbocycles. The highest BCUT2D eigenvalue weighted by atomic mass is 17.2.